The second kappa shape index (κ2) is 50.6. The van der Waals surface area contributed by atoms with Crippen molar-refractivity contribution in [1.29, 1.82) is 0 Å². The zero-order valence-corrected chi connectivity index (χ0v) is 93.9. The van der Waals surface area contributed by atoms with Crippen molar-refractivity contribution in [2.75, 3.05) is 50.0 Å². The molecule has 0 fully saturated rings. The smallest absolute Gasteiger partial charge is 0.262 e. The van der Waals surface area contributed by atoms with Gasteiger partial charge in [-0.2, -0.15) is 19.9 Å². The van der Waals surface area contributed by atoms with Crippen LogP contribution in [-0.2, 0) is 5.41 Å². The average Bonchev–Trinajstić information content (AvgIpc) is 1.21. The molecule has 0 aliphatic heterocycles. The van der Waals surface area contributed by atoms with Crippen molar-refractivity contribution in [2.24, 2.45) is 0 Å². The van der Waals surface area contributed by atoms with Crippen molar-refractivity contribution >= 4 is 185 Å². The van der Waals surface area contributed by atoms with Gasteiger partial charge in [0.15, 0.2) is 29.0 Å². The van der Waals surface area contributed by atoms with Crippen molar-refractivity contribution in [3.8, 4) is 34.4 Å². The summed E-state index contributed by atoms with van der Waals surface area (Å²) in [6.07, 6.45) is 4.33. The van der Waals surface area contributed by atoms with E-state index < -0.39 is 29.0 Å². The molecule has 0 atom stereocenters. The highest BCUT2D eigenvalue weighted by Gasteiger charge is 2.58. The van der Waals surface area contributed by atoms with Gasteiger partial charge in [0.1, 0.15) is 63.7 Å². The number of anilines is 2. The Balaban J connectivity index is 0.000000164. The minimum atomic E-state index is -2.44. The molecule has 4 aromatic heterocycles. The molecule has 19 aromatic rings. The molecule has 0 saturated heterocycles. The van der Waals surface area contributed by atoms with E-state index in [0.717, 1.165) is 73.4 Å². The van der Waals surface area contributed by atoms with Gasteiger partial charge in [0.25, 0.3) is 33.5 Å². The van der Waals surface area contributed by atoms with Gasteiger partial charge in [-0.3, -0.25) is 0 Å². The van der Waals surface area contributed by atoms with E-state index in [4.69, 9.17) is 72.4 Å². The van der Waals surface area contributed by atoms with Gasteiger partial charge in [-0.25, -0.2) is 0 Å². The minimum Gasteiger partial charge on any atom is -1.00 e. The van der Waals surface area contributed by atoms with E-state index >= 15 is 0 Å². The van der Waals surface area contributed by atoms with Crippen LogP contribution in [0.25, 0.3) is 34.4 Å². The summed E-state index contributed by atoms with van der Waals surface area (Å²) in [7, 11) is -1.36. The Labute approximate surface area is 906 Å². The molecular formula is C115H105Cl3I4N6O4P4S2. The fraction of sp³-hybridized carbons (Fsp3) is 0.113. The third-order valence-corrected chi connectivity index (χ3v) is 42.4. The molecule has 0 unspecified atom stereocenters. The summed E-state index contributed by atoms with van der Waals surface area (Å²) in [5.41, 5.74) is 6.40. The van der Waals surface area contributed by atoms with E-state index in [9.17, 15) is 0 Å². The summed E-state index contributed by atoms with van der Waals surface area (Å²) in [6.45, 7) is 8.68. The van der Waals surface area contributed by atoms with Gasteiger partial charge in [0.05, 0.1) is 10.6 Å². The first-order valence-electron chi connectivity index (χ1n) is 44.5. The van der Waals surface area contributed by atoms with Crippen molar-refractivity contribution in [2.45, 2.75) is 56.1 Å². The molecule has 15 aromatic carbocycles. The Kier molecular flexibility index (Phi) is 39.5. The fourth-order valence-corrected chi connectivity index (χ4v) is 36.6. The van der Waals surface area contributed by atoms with Crippen molar-refractivity contribution in [3.63, 3.8) is 0 Å². The van der Waals surface area contributed by atoms with Crippen LogP contribution in [0.1, 0.15) is 46.4 Å². The first-order valence-corrected chi connectivity index (χ1v) is 55.0. The summed E-state index contributed by atoms with van der Waals surface area (Å²) in [4.78, 5) is 25.0. The molecule has 4 heterocycles. The lowest BCUT2D eigenvalue weighted by atomic mass is 9.97. The summed E-state index contributed by atoms with van der Waals surface area (Å²) >= 11 is 22.3. The lowest BCUT2D eigenvalue weighted by Crippen LogP contribution is -3.00. The first-order chi connectivity index (χ1) is 65.4. The first kappa shape index (κ1) is 108. The fourth-order valence-electron chi connectivity index (χ4n) is 16.8. The summed E-state index contributed by atoms with van der Waals surface area (Å²) in [5, 5.41) is 18.5. The molecule has 700 valence electrons. The molecular weight excluding hydrogens is 2330 g/mol. The van der Waals surface area contributed by atoms with Crippen LogP contribution in [0.4, 0.5) is 11.8 Å². The zero-order chi connectivity index (χ0) is 93.1. The number of aromatic nitrogens is 4. The van der Waals surface area contributed by atoms with Gasteiger partial charge >= 0.3 is 0 Å². The molecule has 0 bridgehead atoms. The molecule has 0 radical (unpaired) electrons. The van der Waals surface area contributed by atoms with E-state index in [1.54, 1.807) is 35.7 Å². The number of benzene rings is 15. The van der Waals surface area contributed by atoms with Gasteiger partial charge < -0.3 is 123 Å². The van der Waals surface area contributed by atoms with Crippen molar-refractivity contribution in [3.05, 3.63) is 458 Å². The highest BCUT2D eigenvalue weighted by molar-refractivity contribution is 8.05. The average molecular weight is 2440 g/mol. The van der Waals surface area contributed by atoms with E-state index in [1.165, 1.54) is 63.7 Å². The number of unbranched alkanes of at least 4 members (excludes halogenated alkanes) is 1. The molecule has 0 amide bonds. The predicted molar refractivity (Wildman–Crippen MR) is 581 cm³/mol. The summed E-state index contributed by atoms with van der Waals surface area (Å²) < 4.78 is 25.9. The van der Waals surface area contributed by atoms with Crippen molar-refractivity contribution in [1.82, 2.24) is 19.9 Å². The molecule has 0 N–H and O–H groups in total. The second-order valence-corrected chi connectivity index (χ2v) is 49.6. The summed E-state index contributed by atoms with van der Waals surface area (Å²) in [6, 6.07) is 152. The van der Waals surface area contributed by atoms with E-state index in [0.29, 0.717) is 44.2 Å². The van der Waals surface area contributed by atoms with E-state index in [2.05, 4.69) is 380 Å². The number of nitrogens with zero attached hydrogens (tertiary/aromatic N) is 6. The van der Waals surface area contributed by atoms with Gasteiger partial charge in [-0.15, -0.1) is 0 Å². The largest absolute Gasteiger partial charge is 1.00 e. The summed E-state index contributed by atoms with van der Waals surface area (Å²) in [5.74, 6) is 5.01. The number of thioether (sulfide) groups is 2. The standard InChI is InChI=1S/C31H28ClNOPS.C29H24Cl2N2OP.C29H26N2OP.C26H27NOPS.4HI/c1-2-3-23-36-31-30(33-29(34-31)24-19-21-25(32)22-20-24)35(26-13-7-4-8-14-26,27-15-9-5-10-16-27)28-17-11-6-12-18-28;1-33(2)29-28(32-27(34-29)25-19-18-21(30)20-26(25)31)35(22-12-6-3-7-13-22,23-14-8-4-9-15-23)24-16-10-5-11-17-24;1-31(2)29-28(30-27(32-29)23-15-7-3-8-16-23)33(24-17-9-4-10-18-24,25-19-11-5-12-20-25)26-21-13-6-14-22-26;1-26(2,3)25-27-23(24(28-25)30-4)29(20-14-8-5-9-15-20,21-16-10-6-11-17-21)22-18-12-7-13-19-22;;;;/h4-22H,2-3,23H2,1H3;3-20H,1-2H3;3-22H,1-2H3;5-19H,1-4H3;4*1H/q4*+1;;;;/p-4. The Morgan fingerprint density at radius 3 is 0.826 bits per heavy atom. The van der Waals surface area contributed by atoms with Crippen LogP contribution in [0.2, 0.25) is 15.1 Å². The van der Waals surface area contributed by atoms with Gasteiger partial charge in [0, 0.05) is 60.5 Å². The maximum atomic E-state index is 6.59. The second-order valence-electron chi connectivity index (χ2n) is 33.2. The number of hydrogen-bond acceptors (Lipinski definition) is 12. The van der Waals surface area contributed by atoms with Crippen LogP contribution in [0.3, 0.4) is 0 Å². The lowest BCUT2D eigenvalue weighted by molar-refractivity contribution is -0.001000. The highest BCUT2D eigenvalue weighted by Crippen LogP contribution is 2.61. The van der Waals surface area contributed by atoms with Gasteiger partial charge in [-0.05, 0) is 213 Å². The van der Waals surface area contributed by atoms with E-state index in [1.807, 2.05) is 117 Å². The molecule has 0 saturated carbocycles. The Bertz CT molecular complexity index is 6570. The number of oxazole rings is 4. The van der Waals surface area contributed by atoms with Crippen LogP contribution in [-0.4, -0.2) is 60.1 Å². The van der Waals surface area contributed by atoms with Crippen molar-refractivity contribution < 1.29 is 114 Å². The number of hydrogen-bond donors (Lipinski definition) is 0. The molecule has 0 spiro atoms. The van der Waals surface area contributed by atoms with Crippen LogP contribution in [0, 0.1) is 0 Å². The maximum absolute atomic E-state index is 6.59. The number of rotatable bonds is 26. The van der Waals surface area contributed by atoms with Crippen LogP contribution >= 0.6 is 87.4 Å². The molecule has 0 aliphatic rings. The molecule has 138 heavy (non-hydrogen) atoms. The van der Waals surface area contributed by atoms with E-state index in [-0.39, 0.29) is 101 Å². The topological polar surface area (TPSA) is 111 Å². The third-order valence-electron chi connectivity index (χ3n) is 23.0. The third kappa shape index (κ3) is 23.1. The molecule has 19 rings (SSSR count). The predicted octanol–water partition coefficient (Wildman–Crippen LogP) is 12.2. The molecule has 10 nitrogen and oxygen atoms in total. The Hall–Kier alpha value is -9.05. The normalized spacial score (nSPS) is 11.2. The SMILES string of the molecule is CCCCSc1oc(-c2ccc(Cl)cc2)nc1[P+](c1ccccc1)(c1ccccc1)c1ccccc1.CN(C)c1oc(-c2ccc(Cl)cc2Cl)nc1[P+](c1ccccc1)(c1ccccc1)c1ccccc1.CN(C)c1oc(-c2ccccc2)nc1[P+](c1ccccc1)(c1ccccc1)c1ccccc1.CSc1oc(C(C)(C)C)nc1[P+](c1ccccc1)(c1ccccc1)c1ccccc1.[I-].[I-].[I-].[I-]. The van der Waals surface area contributed by atoms with Gasteiger partial charge in [0.2, 0.25) is 33.7 Å². The quantitative estimate of drug-likeness (QED) is 0.0223. The number of halogens is 7. The highest BCUT2D eigenvalue weighted by atomic mass is 127. The monoisotopic (exact) mass is 2430 g/mol. The maximum Gasteiger partial charge on any atom is 0.262 e. The van der Waals surface area contributed by atoms with Crippen LogP contribution in [0.15, 0.2) is 465 Å². The minimum absolute atomic E-state index is 0. The Morgan fingerprint density at radius 2 is 0.543 bits per heavy atom. The molecule has 0 aliphatic carbocycles. The van der Waals surface area contributed by atoms with Gasteiger partial charge in [-0.1, -0.05) is 329 Å². The van der Waals surface area contributed by atoms with Crippen LogP contribution < -0.4 is 191 Å². The molecule has 23 heteroatoms. The Morgan fingerprint density at radius 1 is 0.290 bits per heavy atom. The zero-order valence-electron chi connectivity index (χ0n) is 77.8. The lowest BCUT2D eigenvalue weighted by Gasteiger charge is -2.26. The van der Waals surface area contributed by atoms with Crippen LogP contribution in [0.5, 0.6) is 0 Å².